The van der Waals surface area contributed by atoms with Gasteiger partial charge in [0.2, 0.25) is 0 Å². The van der Waals surface area contributed by atoms with Gasteiger partial charge >= 0.3 is 0 Å². The molecule has 1 aliphatic heterocycles. The van der Waals surface area contributed by atoms with Crippen LogP contribution in [-0.2, 0) is 0 Å². The zero-order chi connectivity index (χ0) is 10.6. The molecule has 2 atom stereocenters. The van der Waals surface area contributed by atoms with Gasteiger partial charge in [0, 0.05) is 11.3 Å². The van der Waals surface area contributed by atoms with E-state index in [0.29, 0.717) is 11.3 Å². The zero-order valence-electron chi connectivity index (χ0n) is 9.71. The summed E-state index contributed by atoms with van der Waals surface area (Å²) in [4.78, 5) is 4.53. The van der Waals surface area contributed by atoms with Gasteiger partial charge in [0.25, 0.3) is 0 Å². The first-order chi connectivity index (χ1) is 6.61. The normalized spacial score (nSPS) is 23.8. The van der Waals surface area contributed by atoms with Crippen LogP contribution in [0.15, 0.2) is 4.99 Å². The summed E-state index contributed by atoms with van der Waals surface area (Å²) in [7, 11) is 0. The molecule has 0 saturated heterocycles. The minimum atomic E-state index is 0.555. The highest BCUT2D eigenvalue weighted by molar-refractivity contribution is 8.14. The van der Waals surface area contributed by atoms with Gasteiger partial charge in [-0.05, 0) is 25.7 Å². The van der Waals surface area contributed by atoms with Crippen LogP contribution in [0, 0.1) is 5.92 Å². The molecule has 0 amide bonds. The minimum Gasteiger partial charge on any atom is -0.362 e. The number of thioether (sulfide) groups is 1. The van der Waals surface area contributed by atoms with Crippen molar-refractivity contribution >= 4 is 16.9 Å². The number of amidine groups is 1. The number of nitrogens with zero attached hydrogens (tertiary/aromatic N) is 1. The summed E-state index contributed by atoms with van der Waals surface area (Å²) in [6, 6.07) is 0.555. The van der Waals surface area contributed by atoms with Crippen LogP contribution in [0.1, 0.15) is 40.5 Å². The van der Waals surface area contributed by atoms with Crippen LogP contribution in [0.3, 0.4) is 0 Å². The molecule has 14 heavy (non-hydrogen) atoms. The van der Waals surface area contributed by atoms with E-state index in [1.54, 1.807) is 0 Å². The molecule has 3 heteroatoms. The highest BCUT2D eigenvalue weighted by Gasteiger charge is 2.20. The van der Waals surface area contributed by atoms with E-state index in [1.807, 2.05) is 11.8 Å². The summed E-state index contributed by atoms with van der Waals surface area (Å²) in [6.07, 6.45) is 2.44. The molecule has 0 spiro atoms. The van der Waals surface area contributed by atoms with E-state index < -0.39 is 0 Å². The first kappa shape index (κ1) is 11.9. The maximum Gasteiger partial charge on any atom is 0.157 e. The molecule has 82 valence electrons. The molecule has 2 nitrogen and oxygen atoms in total. The van der Waals surface area contributed by atoms with Crippen molar-refractivity contribution in [3.05, 3.63) is 0 Å². The van der Waals surface area contributed by atoms with Gasteiger partial charge in [-0.15, -0.1) is 0 Å². The van der Waals surface area contributed by atoms with Gasteiger partial charge in [-0.25, -0.2) is 0 Å². The Morgan fingerprint density at radius 3 is 2.79 bits per heavy atom. The van der Waals surface area contributed by atoms with E-state index in [0.717, 1.165) is 24.1 Å². The molecule has 0 fully saturated rings. The van der Waals surface area contributed by atoms with E-state index in [1.165, 1.54) is 6.42 Å². The van der Waals surface area contributed by atoms with E-state index in [4.69, 9.17) is 0 Å². The van der Waals surface area contributed by atoms with Gasteiger partial charge in [-0.3, -0.25) is 4.99 Å². The Balaban J connectivity index is 2.25. The highest BCUT2D eigenvalue weighted by atomic mass is 32.2. The van der Waals surface area contributed by atoms with Crippen molar-refractivity contribution in [2.45, 2.75) is 51.8 Å². The largest absolute Gasteiger partial charge is 0.362 e. The highest BCUT2D eigenvalue weighted by Crippen LogP contribution is 2.25. The summed E-state index contributed by atoms with van der Waals surface area (Å²) < 4.78 is 0. The van der Waals surface area contributed by atoms with Gasteiger partial charge < -0.3 is 5.32 Å². The predicted molar refractivity (Wildman–Crippen MR) is 66.0 cm³/mol. The molecule has 0 aliphatic carbocycles. The van der Waals surface area contributed by atoms with Gasteiger partial charge in [0.1, 0.15) is 0 Å². The molecule has 0 aromatic rings. The van der Waals surface area contributed by atoms with Crippen LogP contribution >= 0.6 is 11.8 Å². The molecule has 0 radical (unpaired) electrons. The zero-order valence-corrected chi connectivity index (χ0v) is 10.5. The molecule has 1 rings (SSSR count). The van der Waals surface area contributed by atoms with Crippen LogP contribution in [0.5, 0.6) is 0 Å². The Hall–Kier alpha value is -0.180. The Labute approximate surface area is 92.0 Å². The maximum atomic E-state index is 4.53. The number of nitrogens with one attached hydrogen (secondary N) is 1. The molecule has 2 unspecified atom stereocenters. The van der Waals surface area contributed by atoms with Gasteiger partial charge in [0.15, 0.2) is 5.17 Å². The second kappa shape index (κ2) is 5.64. The third-order valence-electron chi connectivity index (χ3n) is 2.43. The molecule has 1 heterocycles. The quantitative estimate of drug-likeness (QED) is 0.778. The predicted octanol–water partition coefficient (Wildman–Crippen LogP) is 2.89. The minimum absolute atomic E-state index is 0.555. The fourth-order valence-corrected chi connectivity index (χ4v) is 2.82. The smallest absolute Gasteiger partial charge is 0.157 e. The SMILES string of the molecule is CCC(C)NC1=NCC(CC(C)C)S1. The Bertz CT molecular complexity index is 201. The molecular weight excluding hydrogens is 192 g/mol. The number of hydrogen-bond donors (Lipinski definition) is 1. The van der Waals surface area contributed by atoms with Crippen LogP contribution in [0.25, 0.3) is 0 Å². The van der Waals surface area contributed by atoms with Gasteiger partial charge in [-0.2, -0.15) is 0 Å². The average molecular weight is 214 g/mol. The lowest BCUT2D eigenvalue weighted by atomic mass is 10.1. The van der Waals surface area contributed by atoms with Crippen molar-refractivity contribution in [1.82, 2.24) is 5.32 Å². The number of aliphatic imine (C=N–C) groups is 1. The molecule has 1 aliphatic rings. The Morgan fingerprint density at radius 1 is 1.50 bits per heavy atom. The molecular formula is C11H22N2S. The maximum absolute atomic E-state index is 4.53. The monoisotopic (exact) mass is 214 g/mol. The van der Waals surface area contributed by atoms with Crippen molar-refractivity contribution in [3.8, 4) is 0 Å². The summed E-state index contributed by atoms with van der Waals surface area (Å²) in [6.45, 7) is 9.96. The van der Waals surface area contributed by atoms with Gasteiger partial charge in [-0.1, -0.05) is 32.5 Å². The Morgan fingerprint density at radius 2 is 2.21 bits per heavy atom. The molecule has 0 saturated carbocycles. The summed E-state index contributed by atoms with van der Waals surface area (Å²) in [5.41, 5.74) is 0. The fraction of sp³-hybridized carbons (Fsp3) is 0.909. The summed E-state index contributed by atoms with van der Waals surface area (Å²) in [5, 5.41) is 5.31. The third-order valence-corrected chi connectivity index (χ3v) is 3.58. The van der Waals surface area contributed by atoms with Crippen LogP contribution < -0.4 is 5.32 Å². The fourth-order valence-electron chi connectivity index (χ4n) is 1.46. The van der Waals surface area contributed by atoms with Crippen molar-refractivity contribution in [1.29, 1.82) is 0 Å². The van der Waals surface area contributed by atoms with Crippen LogP contribution in [0.2, 0.25) is 0 Å². The van der Waals surface area contributed by atoms with Crippen LogP contribution in [-0.4, -0.2) is 23.0 Å². The van der Waals surface area contributed by atoms with Gasteiger partial charge in [0.05, 0.1) is 6.54 Å². The second-order valence-corrected chi connectivity index (χ2v) is 5.76. The third kappa shape index (κ3) is 3.91. The lowest BCUT2D eigenvalue weighted by molar-refractivity contribution is 0.575. The van der Waals surface area contributed by atoms with Crippen molar-refractivity contribution in [2.24, 2.45) is 10.9 Å². The molecule has 0 bridgehead atoms. The lowest BCUT2D eigenvalue weighted by Gasteiger charge is -2.14. The topological polar surface area (TPSA) is 24.4 Å². The number of hydrogen-bond acceptors (Lipinski definition) is 3. The van der Waals surface area contributed by atoms with Crippen molar-refractivity contribution < 1.29 is 0 Å². The van der Waals surface area contributed by atoms with Crippen molar-refractivity contribution in [3.63, 3.8) is 0 Å². The first-order valence-electron chi connectivity index (χ1n) is 5.59. The standard InChI is InChI=1S/C11H22N2S/c1-5-9(4)13-11-12-7-10(14-11)6-8(2)3/h8-10H,5-7H2,1-4H3,(H,12,13). The second-order valence-electron chi connectivity index (χ2n) is 4.47. The first-order valence-corrected chi connectivity index (χ1v) is 6.47. The van der Waals surface area contributed by atoms with Crippen molar-refractivity contribution in [2.75, 3.05) is 6.54 Å². The van der Waals surface area contributed by atoms with E-state index in [-0.39, 0.29) is 0 Å². The Kier molecular flexibility index (Phi) is 4.79. The van der Waals surface area contributed by atoms with E-state index in [2.05, 4.69) is 38.0 Å². The summed E-state index contributed by atoms with van der Waals surface area (Å²) in [5.74, 6) is 0.783. The summed E-state index contributed by atoms with van der Waals surface area (Å²) >= 11 is 1.92. The molecule has 1 N–H and O–H groups in total. The molecule has 0 aromatic carbocycles. The van der Waals surface area contributed by atoms with Crippen LogP contribution in [0.4, 0.5) is 0 Å². The average Bonchev–Trinajstić information content (AvgIpc) is 2.51. The van der Waals surface area contributed by atoms with E-state index in [9.17, 15) is 0 Å². The van der Waals surface area contributed by atoms with E-state index >= 15 is 0 Å². The molecule has 0 aromatic heterocycles. The lowest BCUT2D eigenvalue weighted by Crippen LogP contribution is -2.29. The number of rotatable bonds is 4.